The van der Waals surface area contributed by atoms with Crippen LogP contribution in [0.5, 0.6) is 0 Å². The number of rotatable bonds is 3. The average Bonchev–Trinajstić information content (AvgIpc) is 2.76. The van der Waals surface area contributed by atoms with Crippen LogP contribution in [0.3, 0.4) is 0 Å². The number of ether oxygens (including phenoxy) is 1. The highest BCUT2D eigenvalue weighted by atomic mass is 19.4. The molecule has 0 aliphatic carbocycles. The second-order valence-electron chi connectivity index (χ2n) is 5.38. The van der Waals surface area contributed by atoms with E-state index in [0.717, 1.165) is 6.07 Å². The second kappa shape index (κ2) is 5.65. The van der Waals surface area contributed by atoms with Crippen molar-refractivity contribution in [2.24, 2.45) is 11.1 Å². The summed E-state index contributed by atoms with van der Waals surface area (Å²) in [5.74, 6) is -0.399. The molecule has 116 valence electrons. The molecule has 7 heteroatoms. The van der Waals surface area contributed by atoms with Gasteiger partial charge < -0.3 is 15.8 Å². The molecule has 1 amide bonds. The quantitative estimate of drug-likeness (QED) is 0.893. The summed E-state index contributed by atoms with van der Waals surface area (Å²) in [5, 5.41) is 2.53. The SMILES string of the molecule is CC1(C(=O)NCc2ccccc2C(F)(F)F)COCC1N. The first-order chi connectivity index (χ1) is 9.75. The normalized spacial score (nSPS) is 25.9. The van der Waals surface area contributed by atoms with Gasteiger partial charge in [0.25, 0.3) is 0 Å². The summed E-state index contributed by atoms with van der Waals surface area (Å²) in [4.78, 5) is 12.2. The van der Waals surface area contributed by atoms with E-state index < -0.39 is 29.1 Å². The van der Waals surface area contributed by atoms with Crippen molar-refractivity contribution in [1.82, 2.24) is 5.32 Å². The van der Waals surface area contributed by atoms with Crippen LogP contribution in [0.15, 0.2) is 24.3 Å². The fraction of sp³-hybridized carbons (Fsp3) is 0.500. The zero-order valence-electron chi connectivity index (χ0n) is 11.5. The van der Waals surface area contributed by atoms with E-state index in [0.29, 0.717) is 0 Å². The Labute approximate surface area is 120 Å². The van der Waals surface area contributed by atoms with Gasteiger partial charge in [0, 0.05) is 12.6 Å². The van der Waals surface area contributed by atoms with Crippen LogP contribution in [0.25, 0.3) is 0 Å². The summed E-state index contributed by atoms with van der Waals surface area (Å²) in [7, 11) is 0. The number of hydrogen-bond acceptors (Lipinski definition) is 3. The van der Waals surface area contributed by atoms with E-state index in [1.54, 1.807) is 6.92 Å². The molecule has 2 atom stereocenters. The number of benzene rings is 1. The maximum atomic E-state index is 12.9. The summed E-state index contributed by atoms with van der Waals surface area (Å²) < 4.78 is 43.7. The molecule has 21 heavy (non-hydrogen) atoms. The molecule has 4 nitrogen and oxygen atoms in total. The third-order valence-electron chi connectivity index (χ3n) is 3.80. The van der Waals surface area contributed by atoms with Gasteiger partial charge in [0.15, 0.2) is 0 Å². The molecule has 1 heterocycles. The molecule has 1 aliphatic rings. The maximum absolute atomic E-state index is 12.9. The van der Waals surface area contributed by atoms with Gasteiger partial charge in [0.1, 0.15) is 0 Å². The van der Waals surface area contributed by atoms with Crippen LogP contribution in [0, 0.1) is 5.41 Å². The molecule has 3 N–H and O–H groups in total. The lowest BCUT2D eigenvalue weighted by molar-refractivity contribution is -0.139. The molecule has 1 aromatic carbocycles. The van der Waals surface area contributed by atoms with E-state index in [1.165, 1.54) is 18.2 Å². The van der Waals surface area contributed by atoms with Crippen LogP contribution < -0.4 is 11.1 Å². The van der Waals surface area contributed by atoms with Crippen molar-refractivity contribution in [1.29, 1.82) is 0 Å². The van der Waals surface area contributed by atoms with Crippen molar-refractivity contribution in [2.75, 3.05) is 13.2 Å². The molecule has 1 aliphatic heterocycles. The molecule has 1 aromatic rings. The van der Waals surface area contributed by atoms with E-state index in [9.17, 15) is 18.0 Å². The smallest absolute Gasteiger partial charge is 0.379 e. The zero-order chi connectivity index (χ0) is 15.7. The first-order valence-electron chi connectivity index (χ1n) is 6.52. The van der Waals surface area contributed by atoms with Crippen LogP contribution in [0.2, 0.25) is 0 Å². The molecule has 2 unspecified atom stereocenters. The molecule has 0 saturated carbocycles. The van der Waals surface area contributed by atoms with Crippen LogP contribution >= 0.6 is 0 Å². The summed E-state index contributed by atoms with van der Waals surface area (Å²) in [6.07, 6.45) is -4.45. The lowest BCUT2D eigenvalue weighted by Gasteiger charge is -2.25. The van der Waals surface area contributed by atoms with Crippen molar-refractivity contribution in [3.63, 3.8) is 0 Å². The summed E-state index contributed by atoms with van der Waals surface area (Å²) >= 11 is 0. The molecule has 2 rings (SSSR count). The lowest BCUT2D eigenvalue weighted by atomic mass is 9.85. The van der Waals surface area contributed by atoms with Crippen molar-refractivity contribution in [3.05, 3.63) is 35.4 Å². The number of halogens is 3. The topological polar surface area (TPSA) is 64.3 Å². The Balaban J connectivity index is 2.09. The van der Waals surface area contributed by atoms with Gasteiger partial charge in [-0.25, -0.2) is 0 Å². The fourth-order valence-electron chi connectivity index (χ4n) is 2.25. The molecule has 1 saturated heterocycles. The minimum Gasteiger partial charge on any atom is -0.379 e. The molecular weight excluding hydrogens is 285 g/mol. The Morgan fingerprint density at radius 3 is 2.71 bits per heavy atom. The Morgan fingerprint density at radius 2 is 2.14 bits per heavy atom. The van der Waals surface area contributed by atoms with Gasteiger partial charge in [-0.05, 0) is 18.6 Å². The van der Waals surface area contributed by atoms with Crippen LogP contribution in [0.4, 0.5) is 13.2 Å². The van der Waals surface area contributed by atoms with Gasteiger partial charge >= 0.3 is 6.18 Å². The van der Waals surface area contributed by atoms with Crippen molar-refractivity contribution in [2.45, 2.75) is 25.7 Å². The minimum absolute atomic E-state index is 0.0226. The van der Waals surface area contributed by atoms with Gasteiger partial charge in [-0.2, -0.15) is 13.2 Å². The van der Waals surface area contributed by atoms with E-state index in [-0.39, 0.29) is 25.3 Å². The highest BCUT2D eigenvalue weighted by Gasteiger charge is 2.44. The number of nitrogens with one attached hydrogen (secondary N) is 1. The Hall–Kier alpha value is -1.60. The molecule has 1 fully saturated rings. The van der Waals surface area contributed by atoms with E-state index in [1.807, 2.05) is 0 Å². The molecule has 0 aromatic heterocycles. The van der Waals surface area contributed by atoms with E-state index >= 15 is 0 Å². The monoisotopic (exact) mass is 302 g/mol. The summed E-state index contributed by atoms with van der Waals surface area (Å²) in [6, 6.07) is 4.69. The van der Waals surface area contributed by atoms with Gasteiger partial charge in [0.05, 0.1) is 24.2 Å². The van der Waals surface area contributed by atoms with Gasteiger partial charge in [0.2, 0.25) is 5.91 Å². The summed E-state index contributed by atoms with van der Waals surface area (Å²) in [6.45, 7) is 1.89. The number of amides is 1. The highest BCUT2D eigenvalue weighted by Crippen LogP contribution is 2.32. The number of carbonyl (C=O) groups is 1. The molecule has 0 spiro atoms. The van der Waals surface area contributed by atoms with Gasteiger partial charge in [-0.3, -0.25) is 4.79 Å². The zero-order valence-corrected chi connectivity index (χ0v) is 11.5. The van der Waals surface area contributed by atoms with Crippen molar-refractivity contribution in [3.8, 4) is 0 Å². The molecular formula is C14H17F3N2O2. The second-order valence-corrected chi connectivity index (χ2v) is 5.38. The number of alkyl halides is 3. The predicted molar refractivity (Wildman–Crippen MR) is 70.2 cm³/mol. The Bertz CT molecular complexity index is 533. The van der Waals surface area contributed by atoms with Gasteiger partial charge in [-0.1, -0.05) is 18.2 Å². The number of carbonyl (C=O) groups excluding carboxylic acids is 1. The molecule has 0 radical (unpaired) electrons. The Kier molecular flexibility index (Phi) is 4.25. The number of nitrogens with two attached hydrogens (primary N) is 1. The predicted octanol–water partition coefficient (Wildman–Crippen LogP) is 1.69. The van der Waals surface area contributed by atoms with Crippen molar-refractivity contribution < 1.29 is 22.7 Å². The maximum Gasteiger partial charge on any atom is 0.416 e. The highest BCUT2D eigenvalue weighted by molar-refractivity contribution is 5.83. The fourth-order valence-corrected chi connectivity index (χ4v) is 2.25. The van der Waals surface area contributed by atoms with Crippen LogP contribution in [-0.4, -0.2) is 25.2 Å². The van der Waals surface area contributed by atoms with E-state index in [4.69, 9.17) is 10.5 Å². The third-order valence-corrected chi connectivity index (χ3v) is 3.80. The lowest BCUT2D eigenvalue weighted by Crippen LogP contribution is -2.49. The Morgan fingerprint density at radius 1 is 1.48 bits per heavy atom. The summed E-state index contributed by atoms with van der Waals surface area (Å²) in [5.41, 5.74) is 4.18. The third kappa shape index (κ3) is 3.19. The van der Waals surface area contributed by atoms with Gasteiger partial charge in [-0.15, -0.1) is 0 Å². The van der Waals surface area contributed by atoms with Crippen LogP contribution in [-0.2, 0) is 22.3 Å². The van der Waals surface area contributed by atoms with Crippen LogP contribution in [0.1, 0.15) is 18.1 Å². The standard InChI is InChI=1S/C14H17F3N2O2/c1-13(8-21-7-11(13)18)12(20)19-6-9-4-2-3-5-10(9)14(15,16)17/h2-5,11H,6-8,18H2,1H3,(H,19,20). The van der Waals surface area contributed by atoms with E-state index in [2.05, 4.69) is 5.32 Å². The largest absolute Gasteiger partial charge is 0.416 e. The first kappa shape index (κ1) is 15.8. The number of hydrogen-bond donors (Lipinski definition) is 2. The first-order valence-corrected chi connectivity index (χ1v) is 6.52. The molecule has 0 bridgehead atoms. The average molecular weight is 302 g/mol. The van der Waals surface area contributed by atoms with Crippen molar-refractivity contribution >= 4 is 5.91 Å². The minimum atomic E-state index is -4.45.